The summed E-state index contributed by atoms with van der Waals surface area (Å²) in [6, 6.07) is 0. The molecule has 0 aliphatic carbocycles. The summed E-state index contributed by atoms with van der Waals surface area (Å²) in [5.41, 5.74) is 5.51. The Morgan fingerprint density at radius 3 is 2.65 bits per heavy atom. The van der Waals surface area contributed by atoms with Gasteiger partial charge in [0, 0.05) is 23.9 Å². The second kappa shape index (κ2) is 7.07. The molecule has 1 aromatic rings. The second-order valence-corrected chi connectivity index (χ2v) is 4.64. The van der Waals surface area contributed by atoms with Crippen molar-refractivity contribution in [3.63, 3.8) is 0 Å². The van der Waals surface area contributed by atoms with Crippen molar-refractivity contribution < 1.29 is 27.4 Å². The van der Waals surface area contributed by atoms with Crippen LogP contribution in [0.25, 0.3) is 0 Å². The standard InChI is InChI=1S/C11H12F3IN2O3/c1-2-19-8(18)3-6-5-17-10(15)7(4-16)9(6)20-11(12,13)14/h5H,2-4,16H2,1H3. The topological polar surface area (TPSA) is 74.4 Å². The highest BCUT2D eigenvalue weighted by atomic mass is 127. The van der Waals surface area contributed by atoms with Crippen LogP contribution < -0.4 is 10.5 Å². The molecule has 0 atom stereocenters. The molecule has 0 radical (unpaired) electrons. The van der Waals surface area contributed by atoms with Crippen molar-refractivity contribution in [3.05, 3.63) is 21.0 Å². The molecule has 2 N–H and O–H groups in total. The van der Waals surface area contributed by atoms with E-state index in [1.165, 1.54) is 0 Å². The van der Waals surface area contributed by atoms with Gasteiger partial charge in [-0.3, -0.25) is 4.79 Å². The lowest BCUT2D eigenvalue weighted by Gasteiger charge is -2.16. The molecule has 1 rings (SSSR count). The largest absolute Gasteiger partial charge is 0.573 e. The maximum Gasteiger partial charge on any atom is 0.573 e. The van der Waals surface area contributed by atoms with Crippen LogP contribution in [-0.4, -0.2) is 23.9 Å². The number of pyridine rings is 1. The van der Waals surface area contributed by atoms with Gasteiger partial charge in [-0.15, -0.1) is 13.2 Å². The van der Waals surface area contributed by atoms with Gasteiger partial charge in [0.1, 0.15) is 9.45 Å². The molecular formula is C11H12F3IN2O3. The van der Waals surface area contributed by atoms with Gasteiger partial charge in [0.15, 0.2) is 0 Å². The first kappa shape index (κ1) is 17.0. The monoisotopic (exact) mass is 404 g/mol. The molecule has 1 heterocycles. The normalized spacial score (nSPS) is 11.3. The van der Waals surface area contributed by atoms with Gasteiger partial charge in [0.05, 0.1) is 13.0 Å². The van der Waals surface area contributed by atoms with E-state index in [1.54, 1.807) is 29.5 Å². The number of hydrogen-bond donors (Lipinski definition) is 1. The number of carbonyl (C=O) groups excluding carboxylic acids is 1. The summed E-state index contributed by atoms with van der Waals surface area (Å²) >= 11 is 1.75. The van der Waals surface area contributed by atoms with Crippen LogP contribution >= 0.6 is 22.6 Å². The van der Waals surface area contributed by atoms with Crippen LogP contribution in [0.1, 0.15) is 18.1 Å². The first-order valence-corrected chi connectivity index (χ1v) is 6.64. The quantitative estimate of drug-likeness (QED) is 0.463. The highest BCUT2D eigenvalue weighted by Crippen LogP contribution is 2.32. The van der Waals surface area contributed by atoms with Crippen LogP contribution in [0.15, 0.2) is 6.20 Å². The van der Waals surface area contributed by atoms with Crippen LogP contribution in [0.4, 0.5) is 13.2 Å². The molecule has 0 amide bonds. The van der Waals surface area contributed by atoms with Crippen molar-refractivity contribution in [2.24, 2.45) is 5.73 Å². The lowest BCUT2D eigenvalue weighted by Crippen LogP contribution is -2.22. The molecule has 0 saturated heterocycles. The Hall–Kier alpha value is -1.10. The van der Waals surface area contributed by atoms with Gasteiger partial charge >= 0.3 is 12.3 Å². The van der Waals surface area contributed by atoms with E-state index in [9.17, 15) is 18.0 Å². The van der Waals surface area contributed by atoms with Gasteiger partial charge in [-0.05, 0) is 29.5 Å². The van der Waals surface area contributed by atoms with E-state index < -0.39 is 18.1 Å². The fourth-order valence-corrected chi connectivity index (χ4v) is 2.08. The minimum Gasteiger partial charge on any atom is -0.466 e. The van der Waals surface area contributed by atoms with Gasteiger partial charge in [0.2, 0.25) is 0 Å². The Labute approximate surface area is 126 Å². The van der Waals surface area contributed by atoms with Gasteiger partial charge in [0.25, 0.3) is 0 Å². The SMILES string of the molecule is CCOC(=O)Cc1cnc(I)c(CN)c1OC(F)(F)F. The molecular weight excluding hydrogens is 392 g/mol. The summed E-state index contributed by atoms with van der Waals surface area (Å²) in [7, 11) is 0. The number of carbonyl (C=O) groups is 1. The summed E-state index contributed by atoms with van der Waals surface area (Å²) in [4.78, 5) is 15.3. The van der Waals surface area contributed by atoms with Crippen molar-refractivity contribution >= 4 is 28.6 Å². The highest BCUT2D eigenvalue weighted by molar-refractivity contribution is 14.1. The third-order valence-corrected chi connectivity index (χ3v) is 3.14. The van der Waals surface area contributed by atoms with Crippen LogP contribution in [-0.2, 0) is 22.5 Å². The van der Waals surface area contributed by atoms with Crippen LogP contribution in [0.5, 0.6) is 5.75 Å². The van der Waals surface area contributed by atoms with Crippen molar-refractivity contribution in [1.29, 1.82) is 0 Å². The molecule has 0 aliphatic rings. The molecule has 0 unspecified atom stereocenters. The van der Waals surface area contributed by atoms with Gasteiger partial charge in [-0.2, -0.15) is 0 Å². The highest BCUT2D eigenvalue weighted by Gasteiger charge is 2.34. The zero-order chi connectivity index (χ0) is 15.3. The minimum atomic E-state index is -4.88. The summed E-state index contributed by atoms with van der Waals surface area (Å²) in [6.07, 6.45) is -4.09. The second-order valence-electron chi connectivity index (χ2n) is 3.62. The number of esters is 1. The molecule has 0 fully saturated rings. The van der Waals surface area contributed by atoms with E-state index in [4.69, 9.17) is 10.5 Å². The fraction of sp³-hybridized carbons (Fsp3) is 0.455. The molecule has 1 aromatic heterocycles. The van der Waals surface area contributed by atoms with Crippen molar-refractivity contribution in [2.45, 2.75) is 26.3 Å². The minimum absolute atomic E-state index is 0.0124. The van der Waals surface area contributed by atoms with Crippen LogP contribution in [0.3, 0.4) is 0 Å². The average molecular weight is 404 g/mol. The number of nitrogens with two attached hydrogens (primary N) is 1. The summed E-state index contributed by atoms with van der Waals surface area (Å²) in [5.74, 6) is -1.14. The van der Waals surface area contributed by atoms with E-state index in [-0.39, 0.29) is 34.4 Å². The molecule has 5 nitrogen and oxygen atoms in total. The van der Waals surface area contributed by atoms with E-state index in [2.05, 4.69) is 9.72 Å². The van der Waals surface area contributed by atoms with Crippen molar-refractivity contribution in [2.75, 3.05) is 6.61 Å². The Kier molecular flexibility index (Phi) is 5.99. The number of rotatable bonds is 5. The number of aromatic nitrogens is 1. The van der Waals surface area contributed by atoms with E-state index in [1.807, 2.05) is 0 Å². The molecule has 0 bridgehead atoms. The molecule has 0 aromatic carbocycles. The lowest BCUT2D eigenvalue weighted by atomic mass is 10.1. The van der Waals surface area contributed by atoms with E-state index >= 15 is 0 Å². The van der Waals surface area contributed by atoms with Crippen LogP contribution in [0, 0.1) is 3.70 Å². The fourth-order valence-electron chi connectivity index (χ4n) is 1.47. The van der Waals surface area contributed by atoms with E-state index in [0.717, 1.165) is 6.20 Å². The number of nitrogens with zero attached hydrogens (tertiary/aromatic N) is 1. The van der Waals surface area contributed by atoms with Crippen LogP contribution in [0.2, 0.25) is 0 Å². The zero-order valence-corrected chi connectivity index (χ0v) is 12.6. The molecule has 0 spiro atoms. The van der Waals surface area contributed by atoms with Gasteiger partial charge in [-0.1, -0.05) is 0 Å². The number of hydrogen-bond acceptors (Lipinski definition) is 5. The maximum atomic E-state index is 12.5. The van der Waals surface area contributed by atoms with Crippen molar-refractivity contribution in [3.8, 4) is 5.75 Å². The Balaban J connectivity index is 3.18. The first-order chi connectivity index (χ1) is 9.28. The Morgan fingerprint density at radius 2 is 2.15 bits per heavy atom. The summed E-state index contributed by atoms with van der Waals surface area (Å²) in [5, 5.41) is 0. The first-order valence-electron chi connectivity index (χ1n) is 5.56. The number of halogens is 4. The lowest BCUT2D eigenvalue weighted by molar-refractivity contribution is -0.275. The number of alkyl halides is 3. The molecule has 20 heavy (non-hydrogen) atoms. The molecule has 112 valence electrons. The number of ether oxygens (including phenoxy) is 2. The average Bonchev–Trinajstić information content (AvgIpc) is 2.31. The predicted molar refractivity (Wildman–Crippen MR) is 71.9 cm³/mol. The van der Waals surface area contributed by atoms with Gasteiger partial charge in [-0.25, -0.2) is 4.98 Å². The predicted octanol–water partition coefficient (Wildman–Crippen LogP) is 2.15. The third kappa shape index (κ3) is 4.78. The Bertz CT molecular complexity index is 495. The summed E-state index contributed by atoms with van der Waals surface area (Å²) < 4.78 is 46.3. The summed E-state index contributed by atoms with van der Waals surface area (Å²) in [6.45, 7) is 1.55. The third-order valence-electron chi connectivity index (χ3n) is 2.21. The maximum absolute atomic E-state index is 12.5. The Morgan fingerprint density at radius 1 is 1.50 bits per heavy atom. The molecule has 9 heteroatoms. The van der Waals surface area contributed by atoms with E-state index in [0.29, 0.717) is 0 Å². The zero-order valence-electron chi connectivity index (χ0n) is 10.5. The molecule has 0 aliphatic heterocycles. The molecule has 0 saturated carbocycles. The van der Waals surface area contributed by atoms with Gasteiger partial charge < -0.3 is 15.2 Å². The smallest absolute Gasteiger partial charge is 0.466 e. The van der Waals surface area contributed by atoms with Crippen molar-refractivity contribution in [1.82, 2.24) is 4.98 Å².